The summed E-state index contributed by atoms with van der Waals surface area (Å²) in [7, 11) is -2.95. The number of imidazole rings is 1. The topological polar surface area (TPSA) is 130 Å². The molecule has 2 saturated heterocycles. The Morgan fingerprint density at radius 1 is 1.17 bits per heavy atom. The molecule has 14 heteroatoms. The van der Waals surface area contributed by atoms with Crippen molar-refractivity contribution in [3.05, 3.63) is 11.5 Å². The van der Waals surface area contributed by atoms with Gasteiger partial charge < -0.3 is 23.4 Å². The first-order chi connectivity index (χ1) is 19.7. The van der Waals surface area contributed by atoms with Crippen molar-refractivity contribution in [1.82, 2.24) is 19.5 Å². The van der Waals surface area contributed by atoms with Gasteiger partial charge in [-0.3, -0.25) is 14.7 Å². The van der Waals surface area contributed by atoms with Crippen molar-refractivity contribution in [2.45, 2.75) is 128 Å². The van der Waals surface area contributed by atoms with Crippen molar-refractivity contribution in [3.63, 3.8) is 0 Å². The zero-order chi connectivity index (χ0) is 30.9. The molecular weight excluding hydrogens is 598 g/mol. The molecule has 1 amide bonds. The molecule has 2 aromatic heterocycles. The van der Waals surface area contributed by atoms with E-state index in [1.165, 1.54) is 6.33 Å². The van der Waals surface area contributed by atoms with Gasteiger partial charge in [0.15, 0.2) is 17.0 Å². The lowest BCUT2D eigenvalue weighted by molar-refractivity contribution is -0.157. The van der Waals surface area contributed by atoms with E-state index in [0.717, 1.165) is 12.8 Å². The number of rotatable bonds is 10. The second-order valence-corrected chi connectivity index (χ2v) is 18.7. The van der Waals surface area contributed by atoms with Crippen LogP contribution in [0.5, 0.6) is 0 Å². The van der Waals surface area contributed by atoms with Gasteiger partial charge in [-0.2, -0.15) is 21.7 Å². The number of fused-ring (bicyclic) bond motifs is 2. The Labute approximate surface area is 259 Å². The van der Waals surface area contributed by atoms with Crippen molar-refractivity contribution in [1.29, 1.82) is 0 Å². The molecule has 0 spiro atoms. The average molecular weight is 644 g/mol. The number of nitrogens with zero attached hydrogens (tertiary/aromatic N) is 4. The van der Waals surface area contributed by atoms with Crippen LogP contribution in [0.15, 0.2) is 6.33 Å². The largest absolute Gasteiger partial charge is 0.386 e. The Morgan fingerprint density at radius 3 is 2.52 bits per heavy atom. The van der Waals surface area contributed by atoms with E-state index in [2.05, 4.69) is 61.8 Å². The summed E-state index contributed by atoms with van der Waals surface area (Å²) in [5, 5.41) is 15.6. The van der Waals surface area contributed by atoms with Crippen LogP contribution < -0.4 is 5.32 Å². The minimum absolute atomic E-state index is 0.0539. The minimum atomic E-state index is -2.95. The third-order valence-electron chi connectivity index (χ3n) is 7.89. The van der Waals surface area contributed by atoms with E-state index in [-0.39, 0.29) is 40.6 Å². The Morgan fingerprint density at radius 2 is 1.88 bits per heavy atom. The number of aliphatic hydroxyl groups excluding tert-OH is 1. The van der Waals surface area contributed by atoms with E-state index in [9.17, 15) is 9.90 Å². The Bertz CT molecular complexity index is 1240. The van der Waals surface area contributed by atoms with Gasteiger partial charge >= 0.3 is 8.56 Å². The van der Waals surface area contributed by atoms with Gasteiger partial charge in [-0.15, -0.1) is 0 Å². The van der Waals surface area contributed by atoms with Crippen LogP contribution in [0.4, 0.5) is 5.95 Å². The molecule has 8 atom stereocenters. The van der Waals surface area contributed by atoms with Gasteiger partial charge in [-0.25, -0.2) is 4.98 Å². The van der Waals surface area contributed by atoms with Crippen molar-refractivity contribution < 1.29 is 28.2 Å². The zero-order valence-electron chi connectivity index (χ0n) is 26.0. The van der Waals surface area contributed by atoms with E-state index in [1.807, 2.05) is 18.7 Å². The molecule has 0 saturated carbocycles. The maximum atomic E-state index is 12.3. The molecule has 3 unspecified atom stereocenters. The van der Waals surface area contributed by atoms with Gasteiger partial charge in [-0.05, 0) is 30.6 Å². The summed E-state index contributed by atoms with van der Waals surface area (Å²) >= 11 is 8.39. The summed E-state index contributed by atoms with van der Waals surface area (Å²) in [6.45, 7) is 18.8. The normalized spacial score (nSPS) is 30.0. The Balaban J connectivity index is 1.63. The number of aromatic nitrogens is 4. The smallest absolute Gasteiger partial charge is 0.346 e. The standard InChI is InChI=1S/C28H46ClN5O6SSi/c1-14(2)26(36)33-28-31-24(29)21-25(32-28)34(13-30-21)27-22(35)23-20(38-27)12-37-19(9)39-42(40-23,16(5)6)18(8)11-10-17(7)41-15(3)4/h13-20,22-23,27,35H,10-12H2,1-9H3,(H,31,32,33,36)/t17?,18?,19-,20-,22-,23-,27-,42?/m1/s1. The molecule has 0 aromatic carbocycles. The van der Waals surface area contributed by atoms with Crippen molar-refractivity contribution in [3.8, 4) is 0 Å². The number of anilines is 1. The summed E-state index contributed by atoms with van der Waals surface area (Å²) in [4.78, 5) is 25.4. The number of nitrogens with one attached hydrogen (secondary N) is 1. The predicted molar refractivity (Wildman–Crippen MR) is 167 cm³/mol. The predicted octanol–water partition coefficient (Wildman–Crippen LogP) is 5.66. The van der Waals surface area contributed by atoms with Crippen LogP contribution in [0.2, 0.25) is 16.2 Å². The first kappa shape index (κ1) is 33.6. The van der Waals surface area contributed by atoms with Crippen LogP contribution >= 0.6 is 23.4 Å². The number of hydrogen-bond acceptors (Lipinski definition) is 10. The first-order valence-corrected chi connectivity index (χ1v) is 18.2. The van der Waals surface area contributed by atoms with Gasteiger partial charge in [0.1, 0.15) is 30.1 Å². The highest BCUT2D eigenvalue weighted by molar-refractivity contribution is 8.00. The first-order valence-electron chi connectivity index (χ1n) is 14.9. The van der Waals surface area contributed by atoms with Crippen molar-refractivity contribution in [2.75, 3.05) is 11.9 Å². The maximum absolute atomic E-state index is 12.3. The van der Waals surface area contributed by atoms with Crippen molar-refractivity contribution >= 4 is 54.9 Å². The van der Waals surface area contributed by atoms with Crippen LogP contribution in [0.1, 0.15) is 81.4 Å². The van der Waals surface area contributed by atoms with Gasteiger partial charge in [0, 0.05) is 16.7 Å². The third kappa shape index (κ3) is 7.14. The molecule has 4 heterocycles. The van der Waals surface area contributed by atoms with E-state index in [1.54, 1.807) is 18.4 Å². The molecule has 2 N–H and O–H groups in total. The molecule has 0 radical (unpaired) electrons. The second-order valence-electron chi connectivity index (χ2n) is 12.3. The number of ether oxygens (including phenoxy) is 2. The SMILES string of the molecule is CC(C)SC(C)CCC(C)[Si]1(C(C)C)O[C@H](C)OC[C@H]2O[C@@H](n3cnc4c(Cl)nc(NC(=O)C(C)C)nc43)[C@H](O)[C@@H]2O1. The lowest BCUT2D eigenvalue weighted by atomic mass is 10.1. The molecule has 2 aliphatic heterocycles. The number of halogens is 1. The summed E-state index contributed by atoms with van der Waals surface area (Å²) in [6, 6.07) is 0. The van der Waals surface area contributed by atoms with Crippen LogP contribution in [0.3, 0.4) is 0 Å². The molecule has 0 aliphatic carbocycles. The third-order valence-corrected chi connectivity index (χ3v) is 14.0. The van der Waals surface area contributed by atoms with Crippen LogP contribution in [0.25, 0.3) is 11.2 Å². The number of aliphatic hydroxyl groups is 1. The lowest BCUT2D eigenvalue weighted by Gasteiger charge is -2.45. The summed E-state index contributed by atoms with van der Waals surface area (Å²) in [6.07, 6.45) is -0.145. The molecule has 4 rings (SSSR count). The number of hydrogen-bond donors (Lipinski definition) is 2. The number of carbonyl (C=O) groups excluding carboxylic acids is 1. The van der Waals surface area contributed by atoms with Gasteiger partial charge in [0.05, 0.1) is 12.9 Å². The molecular formula is C28H46ClN5O6SSi. The van der Waals surface area contributed by atoms with Gasteiger partial charge in [-0.1, -0.05) is 67.0 Å². The Kier molecular flexibility index (Phi) is 11.0. The highest BCUT2D eigenvalue weighted by Crippen LogP contribution is 2.45. The summed E-state index contributed by atoms with van der Waals surface area (Å²) < 4.78 is 27.8. The lowest BCUT2D eigenvalue weighted by Crippen LogP contribution is -2.58. The highest BCUT2D eigenvalue weighted by Gasteiger charge is 2.57. The number of thioether (sulfide) groups is 1. The quantitative estimate of drug-likeness (QED) is 0.247. The highest BCUT2D eigenvalue weighted by atomic mass is 35.5. The number of carbonyl (C=O) groups is 1. The summed E-state index contributed by atoms with van der Waals surface area (Å²) in [5.41, 5.74) is 0.914. The maximum Gasteiger partial charge on any atom is 0.346 e. The molecule has 0 bridgehead atoms. The fraction of sp³-hybridized carbons (Fsp3) is 0.786. The van der Waals surface area contributed by atoms with E-state index in [4.69, 9.17) is 29.9 Å². The van der Waals surface area contributed by atoms with Crippen molar-refractivity contribution in [2.24, 2.45) is 5.92 Å². The molecule has 2 fully saturated rings. The molecule has 236 valence electrons. The minimum Gasteiger partial charge on any atom is -0.386 e. The van der Waals surface area contributed by atoms with E-state index in [0.29, 0.717) is 21.7 Å². The zero-order valence-corrected chi connectivity index (χ0v) is 28.6. The van der Waals surface area contributed by atoms with Crippen LogP contribution in [-0.4, -0.2) is 80.8 Å². The van der Waals surface area contributed by atoms with E-state index >= 15 is 0 Å². The monoisotopic (exact) mass is 643 g/mol. The molecule has 11 nitrogen and oxygen atoms in total. The molecule has 42 heavy (non-hydrogen) atoms. The van der Waals surface area contributed by atoms with Crippen LogP contribution in [0, 0.1) is 5.92 Å². The summed E-state index contributed by atoms with van der Waals surface area (Å²) in [5.74, 6) is -0.457. The molecule has 2 aliphatic rings. The van der Waals surface area contributed by atoms with Gasteiger partial charge in [0.25, 0.3) is 0 Å². The molecule has 2 aromatic rings. The van der Waals surface area contributed by atoms with Crippen LogP contribution in [-0.2, 0) is 23.1 Å². The van der Waals surface area contributed by atoms with Gasteiger partial charge in [0.2, 0.25) is 11.9 Å². The second kappa shape index (κ2) is 13.8. The fourth-order valence-corrected chi connectivity index (χ4v) is 11.2. The number of amides is 1. The van der Waals surface area contributed by atoms with E-state index < -0.39 is 39.4 Å². The fourth-order valence-electron chi connectivity index (χ4n) is 5.66. The average Bonchev–Trinajstić information content (AvgIpc) is 3.44. The Hall–Kier alpha value is -1.32.